The molecule has 0 bridgehead atoms. The average molecular weight is 276 g/mol. The predicted molar refractivity (Wildman–Crippen MR) is 73.1 cm³/mol. The van der Waals surface area contributed by atoms with Gasteiger partial charge in [0.2, 0.25) is 0 Å². The van der Waals surface area contributed by atoms with Crippen LogP contribution in [0, 0.1) is 5.82 Å². The van der Waals surface area contributed by atoms with Gasteiger partial charge in [0.15, 0.2) is 0 Å². The van der Waals surface area contributed by atoms with Gasteiger partial charge < -0.3 is 14.4 Å². The maximum Gasteiger partial charge on any atom is 0.146 e. The average Bonchev–Trinajstić information content (AvgIpc) is 3.06. The van der Waals surface area contributed by atoms with Gasteiger partial charge in [-0.05, 0) is 31.4 Å². The number of methoxy groups -OCH3 is 1. The monoisotopic (exact) mass is 276 g/mol. The molecule has 1 saturated carbocycles. The fraction of sp³-hybridized carbons (Fsp3) is 0.400. The van der Waals surface area contributed by atoms with E-state index in [0.717, 1.165) is 19.3 Å². The molecule has 2 aromatic rings. The van der Waals surface area contributed by atoms with Crippen molar-refractivity contribution in [3.05, 3.63) is 36.4 Å². The first-order valence-corrected chi connectivity index (χ1v) is 6.76. The van der Waals surface area contributed by atoms with Crippen LogP contribution >= 0.6 is 0 Å². The van der Waals surface area contributed by atoms with Crippen molar-refractivity contribution in [2.24, 2.45) is 0 Å². The Bertz CT molecular complexity index is 612. The lowest BCUT2D eigenvalue weighted by Crippen LogP contribution is -2.18. The first-order valence-electron chi connectivity index (χ1n) is 6.76. The van der Waals surface area contributed by atoms with Gasteiger partial charge >= 0.3 is 0 Å². The van der Waals surface area contributed by atoms with Gasteiger partial charge in [-0.15, -0.1) is 0 Å². The fourth-order valence-electron chi connectivity index (χ4n) is 2.91. The number of rotatable bonds is 3. The summed E-state index contributed by atoms with van der Waals surface area (Å²) in [7, 11) is 1.51. The molecule has 0 amide bonds. The summed E-state index contributed by atoms with van der Waals surface area (Å²) in [6, 6.07) is 4.66. The number of imidazole rings is 1. The molecule has 1 N–H and O–H groups in total. The quantitative estimate of drug-likeness (QED) is 0.937. The third-order valence-electron chi connectivity index (χ3n) is 3.89. The lowest BCUT2D eigenvalue weighted by Gasteiger charge is -2.20. The number of halogens is 1. The Kier molecular flexibility index (Phi) is 3.44. The molecule has 0 spiro atoms. The van der Waals surface area contributed by atoms with E-state index < -0.39 is 6.10 Å². The molecule has 0 radical (unpaired) electrons. The zero-order chi connectivity index (χ0) is 14.1. The van der Waals surface area contributed by atoms with Crippen molar-refractivity contribution < 1.29 is 14.2 Å². The van der Waals surface area contributed by atoms with Crippen LogP contribution < -0.4 is 4.74 Å². The SMILES string of the molecule is COc1cccc(F)c1-c1nccn1[C@H]1CCC[C@@H]1O. The molecule has 20 heavy (non-hydrogen) atoms. The van der Waals surface area contributed by atoms with Gasteiger partial charge in [-0.3, -0.25) is 0 Å². The third kappa shape index (κ3) is 2.08. The van der Waals surface area contributed by atoms with Crippen LogP contribution in [-0.2, 0) is 0 Å². The molecule has 1 aromatic carbocycles. The number of aromatic nitrogens is 2. The van der Waals surface area contributed by atoms with E-state index in [1.165, 1.54) is 13.2 Å². The molecule has 0 aliphatic heterocycles. The van der Waals surface area contributed by atoms with Crippen molar-refractivity contribution in [2.45, 2.75) is 31.4 Å². The lowest BCUT2D eigenvalue weighted by molar-refractivity contribution is 0.137. The van der Waals surface area contributed by atoms with Crippen molar-refractivity contribution in [2.75, 3.05) is 7.11 Å². The highest BCUT2D eigenvalue weighted by molar-refractivity contribution is 5.65. The summed E-state index contributed by atoms with van der Waals surface area (Å²) in [4.78, 5) is 4.27. The largest absolute Gasteiger partial charge is 0.496 e. The van der Waals surface area contributed by atoms with Crippen LogP contribution in [0.25, 0.3) is 11.4 Å². The first kappa shape index (κ1) is 13.1. The summed E-state index contributed by atoms with van der Waals surface area (Å²) in [5.41, 5.74) is 0.346. The van der Waals surface area contributed by atoms with Crippen molar-refractivity contribution in [3.8, 4) is 17.1 Å². The number of hydrogen-bond acceptors (Lipinski definition) is 3. The Labute approximate surface area is 116 Å². The van der Waals surface area contributed by atoms with Gasteiger partial charge in [-0.1, -0.05) is 6.07 Å². The van der Waals surface area contributed by atoms with E-state index >= 15 is 0 Å². The Morgan fingerprint density at radius 3 is 2.95 bits per heavy atom. The van der Waals surface area contributed by atoms with Crippen molar-refractivity contribution in [1.82, 2.24) is 9.55 Å². The van der Waals surface area contributed by atoms with Crippen molar-refractivity contribution in [1.29, 1.82) is 0 Å². The summed E-state index contributed by atoms with van der Waals surface area (Å²) in [6.45, 7) is 0. The molecule has 1 fully saturated rings. The molecule has 1 heterocycles. The van der Waals surface area contributed by atoms with Gasteiger partial charge in [-0.2, -0.15) is 0 Å². The summed E-state index contributed by atoms with van der Waals surface area (Å²) < 4.78 is 21.3. The van der Waals surface area contributed by atoms with E-state index in [4.69, 9.17) is 4.74 Å². The minimum Gasteiger partial charge on any atom is -0.496 e. The molecular weight excluding hydrogens is 259 g/mol. The number of benzene rings is 1. The lowest BCUT2D eigenvalue weighted by atomic mass is 10.1. The summed E-state index contributed by atoms with van der Waals surface area (Å²) in [5.74, 6) is 0.583. The van der Waals surface area contributed by atoms with E-state index in [2.05, 4.69) is 4.98 Å². The standard InChI is InChI=1S/C15H17FN2O2/c1-20-13-7-2-4-10(16)14(13)15-17-8-9-18(15)11-5-3-6-12(11)19/h2,4,7-9,11-12,19H,3,5-6H2,1H3/t11-,12-/m0/s1. The highest BCUT2D eigenvalue weighted by atomic mass is 19.1. The Hall–Kier alpha value is -1.88. The van der Waals surface area contributed by atoms with Crippen LogP contribution in [0.4, 0.5) is 4.39 Å². The molecule has 5 heteroatoms. The molecule has 2 atom stereocenters. The molecule has 3 rings (SSSR count). The van der Waals surface area contributed by atoms with Crippen molar-refractivity contribution >= 4 is 0 Å². The highest BCUT2D eigenvalue weighted by Gasteiger charge is 2.29. The molecular formula is C15H17FN2O2. The fourth-order valence-corrected chi connectivity index (χ4v) is 2.91. The van der Waals surface area contributed by atoms with Crippen LogP contribution in [-0.4, -0.2) is 27.9 Å². The van der Waals surface area contributed by atoms with Gasteiger partial charge in [-0.25, -0.2) is 9.37 Å². The van der Waals surface area contributed by atoms with E-state index in [0.29, 0.717) is 17.1 Å². The van der Waals surface area contributed by atoms with Gasteiger partial charge in [0.05, 0.1) is 24.8 Å². The maximum absolute atomic E-state index is 14.2. The number of aliphatic hydroxyl groups is 1. The Balaban J connectivity index is 2.10. The summed E-state index contributed by atoms with van der Waals surface area (Å²) in [5, 5.41) is 10.1. The van der Waals surface area contributed by atoms with Gasteiger partial charge in [0, 0.05) is 12.4 Å². The number of aliphatic hydroxyl groups excluding tert-OH is 1. The van der Waals surface area contributed by atoms with E-state index in [1.54, 1.807) is 24.5 Å². The molecule has 106 valence electrons. The first-order chi connectivity index (χ1) is 9.72. The van der Waals surface area contributed by atoms with Gasteiger partial charge in [0.1, 0.15) is 17.4 Å². The molecule has 0 unspecified atom stereocenters. The number of hydrogen-bond donors (Lipinski definition) is 1. The van der Waals surface area contributed by atoms with Crippen LogP contribution in [0.15, 0.2) is 30.6 Å². The van der Waals surface area contributed by atoms with Crippen LogP contribution in [0.2, 0.25) is 0 Å². The normalized spacial score (nSPS) is 22.1. The zero-order valence-electron chi connectivity index (χ0n) is 11.3. The van der Waals surface area contributed by atoms with Crippen LogP contribution in [0.5, 0.6) is 5.75 Å². The second-order valence-corrected chi connectivity index (χ2v) is 5.04. The Morgan fingerprint density at radius 2 is 2.25 bits per heavy atom. The predicted octanol–water partition coefficient (Wildman–Crippen LogP) is 2.78. The number of ether oxygens (including phenoxy) is 1. The number of nitrogens with zero attached hydrogens (tertiary/aromatic N) is 2. The van der Waals surface area contributed by atoms with Crippen LogP contribution in [0.1, 0.15) is 25.3 Å². The molecule has 0 saturated heterocycles. The Morgan fingerprint density at radius 1 is 1.40 bits per heavy atom. The minimum absolute atomic E-state index is 0.0446. The second kappa shape index (κ2) is 5.25. The smallest absolute Gasteiger partial charge is 0.146 e. The molecule has 1 aliphatic rings. The van der Waals surface area contributed by atoms with Crippen molar-refractivity contribution in [3.63, 3.8) is 0 Å². The maximum atomic E-state index is 14.2. The third-order valence-corrected chi connectivity index (χ3v) is 3.89. The van der Waals surface area contributed by atoms with E-state index in [-0.39, 0.29) is 11.9 Å². The summed E-state index contributed by atoms with van der Waals surface area (Å²) >= 11 is 0. The molecule has 1 aliphatic carbocycles. The highest BCUT2D eigenvalue weighted by Crippen LogP contribution is 2.37. The second-order valence-electron chi connectivity index (χ2n) is 5.04. The topological polar surface area (TPSA) is 47.3 Å². The zero-order valence-corrected chi connectivity index (χ0v) is 11.3. The van der Waals surface area contributed by atoms with Gasteiger partial charge in [0.25, 0.3) is 0 Å². The van der Waals surface area contributed by atoms with E-state index in [1.807, 2.05) is 4.57 Å². The van der Waals surface area contributed by atoms with Crippen LogP contribution in [0.3, 0.4) is 0 Å². The molecule has 1 aromatic heterocycles. The molecule has 4 nitrogen and oxygen atoms in total. The minimum atomic E-state index is -0.402. The van der Waals surface area contributed by atoms with E-state index in [9.17, 15) is 9.50 Å². The summed E-state index contributed by atoms with van der Waals surface area (Å²) in [6.07, 6.45) is 5.64.